The summed E-state index contributed by atoms with van der Waals surface area (Å²) in [6.07, 6.45) is 2.64. The van der Waals surface area contributed by atoms with Gasteiger partial charge in [0.1, 0.15) is 5.69 Å². The van der Waals surface area contributed by atoms with Crippen LogP contribution in [0, 0.1) is 17.2 Å². The van der Waals surface area contributed by atoms with Gasteiger partial charge < -0.3 is 14.4 Å². The molecule has 0 amide bonds. The molecule has 1 aliphatic heterocycles. The number of nitriles is 1. The van der Waals surface area contributed by atoms with Crippen LogP contribution >= 0.6 is 0 Å². The molecular formula is C22H26N2O3. The number of hydrogen-bond donors (Lipinski definition) is 1. The van der Waals surface area contributed by atoms with E-state index in [1.165, 1.54) is 5.56 Å². The smallest absolute Gasteiger partial charge is 0.352 e. The van der Waals surface area contributed by atoms with Gasteiger partial charge in [-0.3, -0.25) is 0 Å². The summed E-state index contributed by atoms with van der Waals surface area (Å²) in [6, 6.07) is 8.67. The van der Waals surface area contributed by atoms with Crippen molar-refractivity contribution in [1.82, 2.24) is 4.57 Å². The van der Waals surface area contributed by atoms with Gasteiger partial charge in [-0.2, -0.15) is 5.26 Å². The molecule has 3 atom stereocenters. The minimum atomic E-state index is -0.967. The van der Waals surface area contributed by atoms with Crippen molar-refractivity contribution >= 4 is 16.9 Å². The number of hydrogen-bond acceptors (Lipinski definition) is 3. The highest BCUT2D eigenvalue weighted by Gasteiger charge is 2.56. The number of carboxylic acids is 1. The second-order valence-corrected chi connectivity index (χ2v) is 8.85. The topological polar surface area (TPSA) is 75.3 Å². The molecule has 0 bridgehead atoms. The van der Waals surface area contributed by atoms with Gasteiger partial charge in [0, 0.05) is 30.1 Å². The third-order valence-electron chi connectivity index (χ3n) is 6.55. The van der Waals surface area contributed by atoms with Gasteiger partial charge in [-0.25, -0.2) is 4.79 Å². The van der Waals surface area contributed by atoms with E-state index in [9.17, 15) is 15.2 Å². The summed E-state index contributed by atoms with van der Waals surface area (Å²) in [6.45, 7) is 6.99. The van der Waals surface area contributed by atoms with E-state index in [0.29, 0.717) is 11.5 Å². The average molecular weight is 366 g/mol. The molecule has 0 spiro atoms. The van der Waals surface area contributed by atoms with Crippen LogP contribution in [-0.2, 0) is 17.2 Å². The maximum absolute atomic E-state index is 12.0. The van der Waals surface area contributed by atoms with Crippen LogP contribution in [0.25, 0.3) is 10.9 Å². The van der Waals surface area contributed by atoms with Crippen molar-refractivity contribution in [2.75, 3.05) is 6.61 Å². The van der Waals surface area contributed by atoms with Gasteiger partial charge in [-0.05, 0) is 56.6 Å². The zero-order chi connectivity index (χ0) is 19.6. The maximum Gasteiger partial charge on any atom is 0.352 e. The second-order valence-electron chi connectivity index (χ2n) is 8.85. The molecule has 1 saturated heterocycles. The standard InChI is InChI=1S/C22H26N2O3/c1-13-10-22(13,12-23)18-16-6-5-14(15-7-8-27-21(2,3)11-15)9-17(16)24(4)19(18)20(25)26/h5-6,9,13,15H,7-8,10-11H2,1-4H3,(H,25,26)/t13-,15?,22?/m0/s1. The van der Waals surface area contributed by atoms with Crippen molar-refractivity contribution in [3.8, 4) is 6.07 Å². The first-order valence-corrected chi connectivity index (χ1v) is 9.61. The molecule has 5 nitrogen and oxygen atoms in total. The fourth-order valence-corrected chi connectivity index (χ4v) is 4.91. The molecule has 27 heavy (non-hydrogen) atoms. The first-order valence-electron chi connectivity index (χ1n) is 9.61. The molecule has 5 heteroatoms. The zero-order valence-electron chi connectivity index (χ0n) is 16.4. The van der Waals surface area contributed by atoms with E-state index < -0.39 is 11.4 Å². The molecule has 0 radical (unpaired) electrons. The monoisotopic (exact) mass is 366 g/mol. The Morgan fingerprint density at radius 3 is 2.63 bits per heavy atom. The van der Waals surface area contributed by atoms with E-state index >= 15 is 0 Å². The summed E-state index contributed by atoms with van der Waals surface area (Å²) in [5.41, 5.74) is 2.25. The summed E-state index contributed by atoms with van der Waals surface area (Å²) >= 11 is 0. The summed E-state index contributed by atoms with van der Waals surface area (Å²) < 4.78 is 7.60. The van der Waals surface area contributed by atoms with E-state index in [0.717, 1.165) is 36.8 Å². The van der Waals surface area contributed by atoms with E-state index in [4.69, 9.17) is 4.74 Å². The van der Waals surface area contributed by atoms with Gasteiger partial charge in [0.2, 0.25) is 0 Å². The highest BCUT2D eigenvalue weighted by atomic mass is 16.5. The fourth-order valence-electron chi connectivity index (χ4n) is 4.91. The SMILES string of the molecule is C[C@H]1CC1(C#N)c1c(C(=O)O)n(C)c2cc(C3CCOC(C)(C)C3)ccc12. The van der Waals surface area contributed by atoms with Crippen molar-refractivity contribution in [3.63, 3.8) is 0 Å². The Morgan fingerprint density at radius 2 is 2.07 bits per heavy atom. The molecule has 2 heterocycles. The number of aryl methyl sites for hydroxylation is 1. The van der Waals surface area contributed by atoms with Gasteiger partial charge in [0.05, 0.1) is 17.1 Å². The Labute approximate surface area is 159 Å². The van der Waals surface area contributed by atoms with Crippen molar-refractivity contribution in [2.24, 2.45) is 13.0 Å². The highest BCUT2D eigenvalue weighted by molar-refractivity contribution is 6.00. The van der Waals surface area contributed by atoms with E-state index in [1.807, 2.05) is 13.0 Å². The van der Waals surface area contributed by atoms with Gasteiger partial charge in [0.25, 0.3) is 0 Å². The third-order valence-corrected chi connectivity index (χ3v) is 6.55. The van der Waals surface area contributed by atoms with Crippen LogP contribution in [0.15, 0.2) is 18.2 Å². The largest absolute Gasteiger partial charge is 0.477 e. The average Bonchev–Trinajstić information content (AvgIpc) is 3.18. The molecule has 1 N–H and O–H groups in total. The first-order chi connectivity index (χ1) is 12.7. The highest BCUT2D eigenvalue weighted by Crippen LogP contribution is 2.57. The lowest BCUT2D eigenvalue weighted by atomic mass is 9.83. The van der Waals surface area contributed by atoms with E-state index in [1.54, 1.807) is 11.6 Å². The fraction of sp³-hybridized carbons (Fsp3) is 0.545. The molecule has 1 aliphatic carbocycles. The molecule has 2 aliphatic rings. The molecule has 1 aromatic heterocycles. The minimum absolute atomic E-state index is 0.141. The minimum Gasteiger partial charge on any atom is -0.477 e. The number of ether oxygens (including phenoxy) is 1. The van der Waals surface area contributed by atoms with Crippen LogP contribution in [0.5, 0.6) is 0 Å². The predicted octanol–water partition coefficient (Wildman–Crippen LogP) is 4.35. The molecule has 2 fully saturated rings. The van der Waals surface area contributed by atoms with Gasteiger partial charge >= 0.3 is 5.97 Å². The van der Waals surface area contributed by atoms with Crippen molar-refractivity contribution < 1.29 is 14.6 Å². The van der Waals surface area contributed by atoms with Crippen molar-refractivity contribution in [1.29, 1.82) is 5.26 Å². The lowest BCUT2D eigenvalue weighted by molar-refractivity contribution is -0.0592. The second kappa shape index (κ2) is 5.84. The van der Waals surface area contributed by atoms with Crippen molar-refractivity contribution in [2.45, 2.75) is 57.0 Å². The Hall–Kier alpha value is -2.32. The number of aromatic carboxylic acids is 1. The third kappa shape index (κ3) is 2.66. The van der Waals surface area contributed by atoms with Gasteiger partial charge in [0.15, 0.2) is 0 Å². The Morgan fingerprint density at radius 1 is 1.37 bits per heavy atom. The Bertz CT molecular complexity index is 982. The lowest BCUT2D eigenvalue weighted by Crippen LogP contribution is -2.32. The predicted molar refractivity (Wildman–Crippen MR) is 103 cm³/mol. The molecule has 2 unspecified atom stereocenters. The van der Waals surface area contributed by atoms with E-state index in [-0.39, 0.29) is 17.2 Å². The molecule has 142 valence electrons. The number of carbonyl (C=O) groups is 1. The zero-order valence-corrected chi connectivity index (χ0v) is 16.4. The molecule has 2 aromatic rings. The molecule has 4 rings (SSSR count). The van der Waals surface area contributed by atoms with Crippen molar-refractivity contribution in [3.05, 3.63) is 35.0 Å². The Balaban J connectivity index is 1.88. The number of benzene rings is 1. The lowest BCUT2D eigenvalue weighted by Gasteiger charge is -2.35. The van der Waals surface area contributed by atoms with E-state index in [2.05, 4.69) is 32.0 Å². The molecular weight excluding hydrogens is 340 g/mol. The Kier molecular flexibility index (Phi) is 3.91. The van der Waals surface area contributed by atoms with Crippen LogP contribution in [0.2, 0.25) is 0 Å². The van der Waals surface area contributed by atoms with Gasteiger partial charge in [-0.15, -0.1) is 0 Å². The number of nitrogens with zero attached hydrogens (tertiary/aromatic N) is 2. The number of rotatable bonds is 3. The van der Waals surface area contributed by atoms with Crippen LogP contribution in [0.4, 0.5) is 0 Å². The number of aromatic nitrogens is 1. The maximum atomic E-state index is 12.0. The van der Waals surface area contributed by atoms with Crippen LogP contribution in [0.3, 0.4) is 0 Å². The van der Waals surface area contributed by atoms with Crippen LogP contribution < -0.4 is 0 Å². The summed E-state index contributed by atoms with van der Waals surface area (Å²) in [7, 11) is 1.80. The summed E-state index contributed by atoms with van der Waals surface area (Å²) in [5.74, 6) is -0.386. The van der Waals surface area contributed by atoms with Crippen LogP contribution in [0.1, 0.15) is 67.6 Å². The number of fused-ring (bicyclic) bond motifs is 1. The summed E-state index contributed by atoms with van der Waals surface area (Å²) in [4.78, 5) is 12.0. The summed E-state index contributed by atoms with van der Waals surface area (Å²) in [5, 5.41) is 20.6. The van der Waals surface area contributed by atoms with Gasteiger partial charge in [-0.1, -0.05) is 19.1 Å². The molecule has 1 saturated carbocycles. The number of carboxylic acid groups (broad SMARTS) is 1. The quantitative estimate of drug-likeness (QED) is 0.876. The normalized spacial score (nSPS) is 29.4. The molecule has 1 aromatic carbocycles. The first kappa shape index (κ1) is 18.1. The van der Waals surface area contributed by atoms with Crippen LogP contribution in [-0.4, -0.2) is 27.9 Å².